The van der Waals surface area contributed by atoms with Crippen LogP contribution in [-0.4, -0.2) is 32.2 Å². The number of nitrogens with one attached hydrogen (secondary N) is 1. The Morgan fingerprint density at radius 2 is 1.73 bits per heavy atom. The number of thioether (sulfide) groups is 1. The van der Waals surface area contributed by atoms with E-state index < -0.39 is 0 Å². The Hall–Kier alpha value is -2.93. The lowest BCUT2D eigenvalue weighted by molar-refractivity contribution is -0.116. The standard InChI is InChI=1S/C23H26N4O2S/c1-3-4-6-11-21(29)24-19-14-12-17(13-15-19)20(28)16-30-23-26-25-22(27(23)2)18-9-7-5-8-10-18/h5,7-10,12-15H,3-4,6,11,16H2,1-2H3,(H,24,29). The molecule has 0 saturated heterocycles. The van der Waals surface area contributed by atoms with Crippen molar-refractivity contribution in [1.29, 1.82) is 0 Å². The zero-order valence-electron chi connectivity index (χ0n) is 17.3. The van der Waals surface area contributed by atoms with Crippen molar-refractivity contribution in [3.05, 3.63) is 60.2 Å². The molecule has 0 radical (unpaired) electrons. The molecule has 0 unspecified atom stereocenters. The van der Waals surface area contributed by atoms with E-state index in [4.69, 9.17) is 0 Å². The Labute approximate surface area is 181 Å². The molecule has 30 heavy (non-hydrogen) atoms. The van der Waals surface area contributed by atoms with Gasteiger partial charge in [-0.25, -0.2) is 0 Å². The van der Waals surface area contributed by atoms with Gasteiger partial charge in [-0.3, -0.25) is 9.59 Å². The number of anilines is 1. The lowest BCUT2D eigenvalue weighted by Gasteiger charge is -2.07. The Kier molecular flexibility index (Phi) is 7.79. The van der Waals surface area contributed by atoms with Crippen molar-refractivity contribution in [3.8, 4) is 11.4 Å². The third kappa shape index (κ3) is 5.79. The molecule has 1 heterocycles. The van der Waals surface area contributed by atoms with Gasteiger partial charge in [-0.15, -0.1) is 10.2 Å². The summed E-state index contributed by atoms with van der Waals surface area (Å²) in [6.07, 6.45) is 3.55. The van der Waals surface area contributed by atoms with E-state index in [2.05, 4.69) is 22.4 Å². The molecule has 0 bridgehead atoms. The molecule has 2 aromatic carbocycles. The minimum Gasteiger partial charge on any atom is -0.326 e. The number of hydrogen-bond acceptors (Lipinski definition) is 5. The maximum Gasteiger partial charge on any atom is 0.224 e. The summed E-state index contributed by atoms with van der Waals surface area (Å²) in [4.78, 5) is 24.5. The van der Waals surface area contributed by atoms with E-state index in [9.17, 15) is 9.59 Å². The fourth-order valence-electron chi connectivity index (χ4n) is 2.99. The molecule has 1 N–H and O–H groups in total. The molecular formula is C23H26N4O2S. The number of ketones is 1. The Morgan fingerprint density at radius 1 is 1.00 bits per heavy atom. The predicted molar refractivity (Wildman–Crippen MR) is 121 cm³/mol. The molecule has 0 aliphatic heterocycles. The van der Waals surface area contributed by atoms with E-state index in [0.29, 0.717) is 22.8 Å². The zero-order valence-corrected chi connectivity index (χ0v) is 18.1. The van der Waals surface area contributed by atoms with Crippen molar-refractivity contribution in [3.63, 3.8) is 0 Å². The van der Waals surface area contributed by atoms with Crippen LogP contribution in [0.1, 0.15) is 43.0 Å². The van der Waals surface area contributed by atoms with Gasteiger partial charge in [0.1, 0.15) is 0 Å². The van der Waals surface area contributed by atoms with E-state index in [1.54, 1.807) is 24.3 Å². The topological polar surface area (TPSA) is 76.9 Å². The van der Waals surface area contributed by atoms with E-state index in [1.807, 2.05) is 41.9 Å². The van der Waals surface area contributed by atoms with E-state index in [-0.39, 0.29) is 17.4 Å². The molecule has 0 aliphatic carbocycles. The summed E-state index contributed by atoms with van der Waals surface area (Å²) in [7, 11) is 1.90. The Morgan fingerprint density at radius 3 is 2.43 bits per heavy atom. The first-order chi connectivity index (χ1) is 14.6. The molecule has 0 aliphatic rings. The number of carbonyl (C=O) groups excluding carboxylic acids is 2. The molecule has 1 aromatic heterocycles. The lowest BCUT2D eigenvalue weighted by Crippen LogP contribution is -2.11. The first kappa shape index (κ1) is 21.8. The number of aromatic nitrogens is 3. The van der Waals surface area contributed by atoms with Crippen LogP contribution in [0.5, 0.6) is 0 Å². The number of rotatable bonds is 10. The van der Waals surface area contributed by atoms with Gasteiger partial charge in [0.15, 0.2) is 16.8 Å². The molecule has 156 valence electrons. The second-order valence-electron chi connectivity index (χ2n) is 7.03. The fraction of sp³-hybridized carbons (Fsp3) is 0.304. The summed E-state index contributed by atoms with van der Waals surface area (Å²) in [5, 5.41) is 12.0. The van der Waals surface area contributed by atoms with Crippen molar-refractivity contribution < 1.29 is 9.59 Å². The molecule has 3 rings (SSSR count). The van der Waals surface area contributed by atoms with Crippen LogP contribution in [-0.2, 0) is 11.8 Å². The number of Topliss-reactive ketones (excluding diaryl/α,β-unsaturated/α-hetero) is 1. The summed E-state index contributed by atoms with van der Waals surface area (Å²) < 4.78 is 1.89. The monoisotopic (exact) mass is 422 g/mol. The molecule has 0 fully saturated rings. The summed E-state index contributed by atoms with van der Waals surface area (Å²) in [6, 6.07) is 16.9. The summed E-state index contributed by atoms with van der Waals surface area (Å²) in [5.74, 6) is 1.05. The first-order valence-electron chi connectivity index (χ1n) is 10.1. The largest absolute Gasteiger partial charge is 0.326 e. The number of benzene rings is 2. The maximum absolute atomic E-state index is 12.5. The summed E-state index contributed by atoms with van der Waals surface area (Å²) >= 11 is 1.36. The van der Waals surface area contributed by atoms with E-state index in [0.717, 1.165) is 30.7 Å². The maximum atomic E-state index is 12.5. The van der Waals surface area contributed by atoms with Crippen LogP contribution in [0.25, 0.3) is 11.4 Å². The first-order valence-corrected chi connectivity index (χ1v) is 11.1. The number of carbonyl (C=O) groups is 2. The normalized spacial score (nSPS) is 10.7. The van der Waals surface area contributed by atoms with Crippen LogP contribution in [0.3, 0.4) is 0 Å². The van der Waals surface area contributed by atoms with Gasteiger partial charge in [0.05, 0.1) is 5.75 Å². The van der Waals surface area contributed by atoms with Gasteiger partial charge in [0.25, 0.3) is 0 Å². The van der Waals surface area contributed by atoms with Crippen LogP contribution >= 0.6 is 11.8 Å². The van der Waals surface area contributed by atoms with Crippen molar-refractivity contribution in [2.75, 3.05) is 11.1 Å². The predicted octanol–water partition coefficient (Wildman–Crippen LogP) is 4.98. The zero-order chi connectivity index (χ0) is 21.3. The molecule has 6 nitrogen and oxygen atoms in total. The Bertz CT molecular complexity index is 984. The average Bonchev–Trinajstić information content (AvgIpc) is 3.13. The molecule has 1 amide bonds. The Balaban J connectivity index is 1.54. The van der Waals surface area contributed by atoms with Crippen molar-refractivity contribution in [2.24, 2.45) is 7.05 Å². The lowest BCUT2D eigenvalue weighted by atomic mass is 10.1. The van der Waals surface area contributed by atoms with Crippen molar-refractivity contribution in [2.45, 2.75) is 37.8 Å². The number of nitrogens with zero attached hydrogens (tertiary/aromatic N) is 3. The summed E-state index contributed by atoms with van der Waals surface area (Å²) in [6.45, 7) is 2.11. The van der Waals surface area contributed by atoms with Gasteiger partial charge >= 0.3 is 0 Å². The van der Waals surface area contributed by atoms with Crippen LogP contribution in [0.2, 0.25) is 0 Å². The molecule has 0 saturated carbocycles. The van der Waals surface area contributed by atoms with Crippen molar-refractivity contribution >= 4 is 29.1 Å². The quantitative estimate of drug-likeness (QED) is 0.283. The van der Waals surface area contributed by atoms with Crippen molar-refractivity contribution in [1.82, 2.24) is 14.8 Å². The van der Waals surface area contributed by atoms with Gasteiger partial charge in [0.2, 0.25) is 5.91 Å². The highest BCUT2D eigenvalue weighted by Gasteiger charge is 2.14. The van der Waals surface area contributed by atoms with Crippen LogP contribution in [0.4, 0.5) is 5.69 Å². The molecular weight excluding hydrogens is 396 g/mol. The molecule has 0 spiro atoms. The smallest absolute Gasteiger partial charge is 0.224 e. The third-order valence-electron chi connectivity index (χ3n) is 4.70. The number of hydrogen-bond donors (Lipinski definition) is 1. The molecule has 0 atom stereocenters. The van der Waals surface area contributed by atoms with E-state index in [1.165, 1.54) is 11.8 Å². The highest BCUT2D eigenvalue weighted by molar-refractivity contribution is 7.99. The minimum atomic E-state index is 0.00471. The van der Waals surface area contributed by atoms with E-state index >= 15 is 0 Å². The van der Waals surface area contributed by atoms with Crippen LogP contribution in [0, 0.1) is 0 Å². The second kappa shape index (κ2) is 10.7. The highest BCUT2D eigenvalue weighted by atomic mass is 32.2. The average molecular weight is 423 g/mol. The van der Waals surface area contributed by atoms with Crippen LogP contribution < -0.4 is 5.32 Å². The minimum absolute atomic E-state index is 0.00471. The SMILES string of the molecule is CCCCCC(=O)Nc1ccc(C(=O)CSc2nnc(-c3ccccc3)n2C)cc1. The molecule has 3 aromatic rings. The highest BCUT2D eigenvalue weighted by Crippen LogP contribution is 2.23. The van der Waals surface area contributed by atoms with Gasteiger partial charge in [0, 0.05) is 30.3 Å². The molecule has 7 heteroatoms. The van der Waals surface area contributed by atoms with Gasteiger partial charge in [-0.2, -0.15) is 0 Å². The van der Waals surface area contributed by atoms with Gasteiger partial charge in [-0.05, 0) is 30.7 Å². The van der Waals surface area contributed by atoms with Gasteiger partial charge < -0.3 is 9.88 Å². The number of unbranched alkanes of at least 4 members (excludes halogenated alkanes) is 2. The second-order valence-corrected chi connectivity index (χ2v) is 7.97. The fourth-order valence-corrected chi connectivity index (χ4v) is 3.80. The van der Waals surface area contributed by atoms with Crippen LogP contribution in [0.15, 0.2) is 59.8 Å². The third-order valence-corrected chi connectivity index (χ3v) is 5.72. The summed E-state index contributed by atoms with van der Waals surface area (Å²) in [5.41, 5.74) is 2.30. The van der Waals surface area contributed by atoms with Gasteiger partial charge in [-0.1, -0.05) is 61.9 Å². The number of amides is 1.